The Kier molecular flexibility index (Phi) is 4.08. The molecule has 0 fully saturated rings. The average Bonchev–Trinajstić information content (AvgIpc) is 2.90. The largest absolute Gasteiger partial charge is 0.465 e. The topological polar surface area (TPSA) is 70.1 Å². The predicted octanol–water partition coefficient (Wildman–Crippen LogP) is 2.37. The van der Waals surface area contributed by atoms with E-state index in [4.69, 9.17) is 10.5 Å². The first-order chi connectivity index (χ1) is 9.60. The van der Waals surface area contributed by atoms with Gasteiger partial charge in [0.05, 0.1) is 29.7 Å². The summed E-state index contributed by atoms with van der Waals surface area (Å²) in [6, 6.07) is 7.13. The van der Waals surface area contributed by atoms with Crippen molar-refractivity contribution in [3.8, 4) is 5.69 Å². The molecule has 0 aliphatic heterocycles. The summed E-state index contributed by atoms with van der Waals surface area (Å²) in [5.74, 6) is -0.382. The third kappa shape index (κ3) is 2.52. The van der Waals surface area contributed by atoms with Crippen molar-refractivity contribution in [3.63, 3.8) is 0 Å². The van der Waals surface area contributed by atoms with Gasteiger partial charge in [-0.1, -0.05) is 13.8 Å². The molecule has 2 rings (SSSR count). The van der Waals surface area contributed by atoms with Crippen LogP contribution in [0.25, 0.3) is 5.69 Å². The van der Waals surface area contributed by atoms with E-state index in [0.717, 1.165) is 24.2 Å². The molecule has 5 heteroatoms. The number of hydrogen-bond donors (Lipinski definition) is 1. The summed E-state index contributed by atoms with van der Waals surface area (Å²) in [4.78, 5) is 11.6. The number of ether oxygens (including phenoxy) is 1. The second-order valence-electron chi connectivity index (χ2n) is 4.51. The van der Waals surface area contributed by atoms with E-state index >= 15 is 0 Å². The van der Waals surface area contributed by atoms with Crippen LogP contribution in [-0.2, 0) is 17.6 Å². The predicted molar refractivity (Wildman–Crippen MR) is 78.1 cm³/mol. The quantitative estimate of drug-likeness (QED) is 0.685. The molecule has 0 saturated heterocycles. The van der Waals surface area contributed by atoms with Gasteiger partial charge in [-0.05, 0) is 37.1 Å². The number of benzene rings is 1. The van der Waals surface area contributed by atoms with Crippen molar-refractivity contribution in [2.24, 2.45) is 0 Å². The van der Waals surface area contributed by atoms with Crippen molar-refractivity contribution in [2.45, 2.75) is 26.7 Å². The van der Waals surface area contributed by atoms with E-state index in [-0.39, 0.29) is 5.97 Å². The molecule has 0 aliphatic carbocycles. The Morgan fingerprint density at radius 3 is 2.65 bits per heavy atom. The van der Waals surface area contributed by atoms with Gasteiger partial charge < -0.3 is 10.5 Å². The summed E-state index contributed by atoms with van der Waals surface area (Å²) in [7, 11) is 1.36. The van der Waals surface area contributed by atoms with Crippen molar-refractivity contribution < 1.29 is 9.53 Å². The van der Waals surface area contributed by atoms with E-state index in [1.165, 1.54) is 7.11 Å². The number of nitrogens with zero attached hydrogens (tertiary/aromatic N) is 2. The number of esters is 1. The number of carbonyl (C=O) groups is 1. The Morgan fingerprint density at radius 2 is 2.05 bits per heavy atom. The average molecular weight is 273 g/mol. The molecule has 0 amide bonds. The van der Waals surface area contributed by atoms with Gasteiger partial charge in [-0.15, -0.1) is 0 Å². The minimum absolute atomic E-state index is 0.382. The molecule has 0 radical (unpaired) electrons. The van der Waals surface area contributed by atoms with E-state index in [9.17, 15) is 4.79 Å². The van der Waals surface area contributed by atoms with Crippen LogP contribution in [0.4, 0.5) is 5.69 Å². The number of aromatic nitrogens is 2. The van der Waals surface area contributed by atoms with Gasteiger partial charge in [0.2, 0.25) is 0 Å². The molecule has 0 saturated carbocycles. The van der Waals surface area contributed by atoms with Crippen LogP contribution in [0.15, 0.2) is 24.3 Å². The van der Waals surface area contributed by atoms with Gasteiger partial charge in [-0.25, -0.2) is 9.48 Å². The lowest BCUT2D eigenvalue weighted by atomic mass is 10.1. The summed E-state index contributed by atoms with van der Waals surface area (Å²) in [5, 5.41) is 4.54. The zero-order chi connectivity index (χ0) is 14.7. The van der Waals surface area contributed by atoms with Gasteiger partial charge in [0.1, 0.15) is 0 Å². The lowest BCUT2D eigenvalue weighted by Gasteiger charge is -2.10. The van der Waals surface area contributed by atoms with Crippen LogP contribution in [-0.4, -0.2) is 22.9 Å². The summed E-state index contributed by atoms with van der Waals surface area (Å²) < 4.78 is 6.55. The third-order valence-electron chi connectivity index (χ3n) is 3.24. The minimum atomic E-state index is -0.382. The molecule has 0 atom stereocenters. The standard InChI is InChI=1S/C15H19N3O2/c1-4-11-9-12(5-2)18(17-11)14-8-10(15(19)20-3)6-7-13(14)16/h6-9H,4-5,16H2,1-3H3. The fourth-order valence-corrected chi connectivity index (χ4v) is 2.08. The van der Waals surface area contributed by atoms with Crippen molar-refractivity contribution in [1.29, 1.82) is 0 Å². The first-order valence-electron chi connectivity index (χ1n) is 6.66. The minimum Gasteiger partial charge on any atom is -0.465 e. The number of carbonyl (C=O) groups excluding carboxylic acids is 1. The van der Waals surface area contributed by atoms with Gasteiger partial charge in [0.25, 0.3) is 0 Å². The molecule has 20 heavy (non-hydrogen) atoms. The van der Waals surface area contributed by atoms with Gasteiger partial charge in [-0.3, -0.25) is 0 Å². The van der Waals surface area contributed by atoms with Crippen molar-refractivity contribution in [1.82, 2.24) is 9.78 Å². The van der Waals surface area contributed by atoms with Crippen molar-refractivity contribution >= 4 is 11.7 Å². The molecule has 106 valence electrons. The summed E-state index contributed by atoms with van der Waals surface area (Å²) in [6.07, 6.45) is 1.70. The molecule has 0 unspecified atom stereocenters. The van der Waals surface area contributed by atoms with E-state index in [0.29, 0.717) is 16.9 Å². The monoisotopic (exact) mass is 273 g/mol. The number of nitrogen functional groups attached to an aromatic ring is 1. The van der Waals surface area contributed by atoms with E-state index in [2.05, 4.69) is 25.0 Å². The van der Waals surface area contributed by atoms with Gasteiger partial charge >= 0.3 is 5.97 Å². The van der Waals surface area contributed by atoms with Crippen molar-refractivity contribution in [3.05, 3.63) is 41.2 Å². The molecule has 1 aromatic carbocycles. The summed E-state index contributed by atoms with van der Waals surface area (Å²) in [6.45, 7) is 4.12. The highest BCUT2D eigenvalue weighted by atomic mass is 16.5. The Labute approximate surface area is 118 Å². The molecule has 0 bridgehead atoms. The normalized spacial score (nSPS) is 10.6. The number of hydrogen-bond acceptors (Lipinski definition) is 4. The molecule has 1 heterocycles. The Morgan fingerprint density at radius 1 is 1.30 bits per heavy atom. The van der Waals surface area contributed by atoms with Crippen LogP contribution in [0.1, 0.15) is 35.6 Å². The zero-order valence-corrected chi connectivity index (χ0v) is 12.0. The fourth-order valence-electron chi connectivity index (χ4n) is 2.08. The molecule has 1 aromatic heterocycles. The van der Waals surface area contributed by atoms with Crippen LogP contribution in [0.5, 0.6) is 0 Å². The van der Waals surface area contributed by atoms with Crippen LogP contribution >= 0.6 is 0 Å². The molecule has 2 aromatic rings. The van der Waals surface area contributed by atoms with Crippen LogP contribution in [0.2, 0.25) is 0 Å². The maximum atomic E-state index is 11.6. The fraction of sp³-hybridized carbons (Fsp3) is 0.333. The number of anilines is 1. The summed E-state index contributed by atoms with van der Waals surface area (Å²) >= 11 is 0. The number of rotatable bonds is 4. The Hall–Kier alpha value is -2.30. The third-order valence-corrected chi connectivity index (χ3v) is 3.24. The molecular weight excluding hydrogens is 254 g/mol. The molecule has 0 aliphatic rings. The van der Waals surface area contributed by atoms with Crippen molar-refractivity contribution in [2.75, 3.05) is 12.8 Å². The van der Waals surface area contributed by atoms with Gasteiger partial charge in [-0.2, -0.15) is 5.10 Å². The number of methoxy groups -OCH3 is 1. The Balaban J connectivity index is 2.56. The lowest BCUT2D eigenvalue weighted by molar-refractivity contribution is 0.0600. The lowest BCUT2D eigenvalue weighted by Crippen LogP contribution is -2.08. The van der Waals surface area contributed by atoms with E-state index < -0.39 is 0 Å². The van der Waals surface area contributed by atoms with Crippen LogP contribution in [0, 0.1) is 0 Å². The highest BCUT2D eigenvalue weighted by molar-refractivity contribution is 5.91. The number of nitrogens with two attached hydrogens (primary N) is 1. The smallest absolute Gasteiger partial charge is 0.337 e. The SMILES string of the molecule is CCc1cc(CC)n(-c2cc(C(=O)OC)ccc2N)n1. The van der Waals surface area contributed by atoms with Crippen LogP contribution < -0.4 is 5.73 Å². The second kappa shape index (κ2) is 5.77. The maximum absolute atomic E-state index is 11.6. The number of aryl methyl sites for hydroxylation is 2. The summed E-state index contributed by atoms with van der Waals surface area (Å²) in [5.41, 5.74) is 9.85. The van der Waals surface area contributed by atoms with E-state index in [1.807, 2.05) is 0 Å². The first-order valence-corrected chi connectivity index (χ1v) is 6.66. The highest BCUT2D eigenvalue weighted by Gasteiger charge is 2.13. The molecule has 2 N–H and O–H groups in total. The molecule has 0 spiro atoms. The maximum Gasteiger partial charge on any atom is 0.337 e. The zero-order valence-electron chi connectivity index (χ0n) is 12.0. The van der Waals surface area contributed by atoms with E-state index in [1.54, 1.807) is 22.9 Å². The van der Waals surface area contributed by atoms with Gasteiger partial charge in [0.15, 0.2) is 0 Å². The molecule has 5 nitrogen and oxygen atoms in total. The highest BCUT2D eigenvalue weighted by Crippen LogP contribution is 2.22. The van der Waals surface area contributed by atoms with Gasteiger partial charge in [0, 0.05) is 5.69 Å². The Bertz CT molecular complexity index is 632. The first kappa shape index (κ1) is 14.1. The molecular formula is C15H19N3O2. The van der Waals surface area contributed by atoms with Crippen LogP contribution in [0.3, 0.4) is 0 Å². The second-order valence-corrected chi connectivity index (χ2v) is 4.51.